The van der Waals surface area contributed by atoms with Crippen LogP contribution in [0.5, 0.6) is 0 Å². The molecule has 5 N–H and O–H groups in total. The molecule has 1 aliphatic rings. The van der Waals surface area contributed by atoms with E-state index in [2.05, 4.69) is 15.3 Å². The van der Waals surface area contributed by atoms with E-state index in [1.807, 2.05) is 0 Å². The molecule has 1 aliphatic heterocycles. The highest BCUT2D eigenvalue weighted by Crippen LogP contribution is 2.25. The van der Waals surface area contributed by atoms with Crippen molar-refractivity contribution in [3.8, 4) is 0 Å². The Kier molecular flexibility index (Phi) is 3.16. The number of aliphatic hydroxyl groups is 1. The van der Waals surface area contributed by atoms with Crippen molar-refractivity contribution in [1.29, 1.82) is 0 Å². The number of anilines is 3. The van der Waals surface area contributed by atoms with Crippen LogP contribution in [0.4, 0.5) is 17.5 Å². The molecule has 1 unspecified atom stereocenters. The number of nitrogens with two attached hydrogens (primary N) is 1. The van der Waals surface area contributed by atoms with Gasteiger partial charge in [0, 0.05) is 0 Å². The SMILES string of the molecule is CC(CO)OCN1CNc2c1nc(N)[nH]c2=O. The molecule has 0 aliphatic carbocycles. The quantitative estimate of drug-likeness (QED) is 0.528. The number of nitrogens with zero attached hydrogens (tertiary/aromatic N) is 2. The van der Waals surface area contributed by atoms with Crippen molar-refractivity contribution in [2.24, 2.45) is 0 Å². The Bertz CT molecular complexity index is 460. The lowest BCUT2D eigenvalue weighted by Crippen LogP contribution is -2.29. The van der Waals surface area contributed by atoms with Crippen molar-refractivity contribution >= 4 is 17.5 Å². The molecule has 17 heavy (non-hydrogen) atoms. The molecule has 1 aromatic rings. The summed E-state index contributed by atoms with van der Waals surface area (Å²) < 4.78 is 5.35. The number of hydrogen-bond acceptors (Lipinski definition) is 7. The lowest BCUT2D eigenvalue weighted by atomic mass is 10.4. The van der Waals surface area contributed by atoms with Crippen molar-refractivity contribution in [3.05, 3.63) is 10.4 Å². The molecular formula is C9H15N5O3. The third-order valence-electron chi connectivity index (χ3n) is 2.44. The molecule has 0 bridgehead atoms. The molecule has 2 heterocycles. The second-order valence-electron chi connectivity index (χ2n) is 3.81. The predicted octanol–water partition coefficient (Wildman–Crippen LogP) is -1.10. The van der Waals surface area contributed by atoms with Gasteiger partial charge in [-0.1, -0.05) is 0 Å². The summed E-state index contributed by atoms with van der Waals surface area (Å²) in [5.74, 6) is 0.536. The highest BCUT2D eigenvalue weighted by Gasteiger charge is 2.24. The third kappa shape index (κ3) is 2.32. The van der Waals surface area contributed by atoms with E-state index in [1.54, 1.807) is 11.8 Å². The summed E-state index contributed by atoms with van der Waals surface area (Å²) in [5.41, 5.74) is 5.56. The fourth-order valence-corrected chi connectivity index (χ4v) is 1.49. The Balaban J connectivity index is 2.14. The van der Waals surface area contributed by atoms with Crippen molar-refractivity contribution in [2.45, 2.75) is 13.0 Å². The second kappa shape index (κ2) is 4.60. The topological polar surface area (TPSA) is 116 Å². The lowest BCUT2D eigenvalue weighted by Gasteiger charge is -2.19. The predicted molar refractivity (Wildman–Crippen MR) is 62.7 cm³/mol. The molecule has 0 radical (unpaired) electrons. The molecule has 8 nitrogen and oxygen atoms in total. The summed E-state index contributed by atoms with van der Waals surface area (Å²) in [6, 6.07) is 0. The van der Waals surface area contributed by atoms with E-state index in [-0.39, 0.29) is 30.9 Å². The number of hydrogen-bond donors (Lipinski definition) is 4. The first-order valence-corrected chi connectivity index (χ1v) is 5.23. The van der Waals surface area contributed by atoms with E-state index in [4.69, 9.17) is 15.6 Å². The fourth-order valence-electron chi connectivity index (χ4n) is 1.49. The number of aliphatic hydroxyl groups excluding tert-OH is 1. The molecule has 0 saturated heterocycles. The van der Waals surface area contributed by atoms with Crippen LogP contribution in [0.15, 0.2) is 4.79 Å². The summed E-state index contributed by atoms with van der Waals surface area (Å²) in [6.45, 7) is 2.35. The van der Waals surface area contributed by atoms with Gasteiger partial charge in [-0.05, 0) is 6.92 Å². The summed E-state index contributed by atoms with van der Waals surface area (Å²) in [5, 5.41) is 11.8. The molecule has 0 saturated carbocycles. The van der Waals surface area contributed by atoms with E-state index < -0.39 is 0 Å². The zero-order valence-corrected chi connectivity index (χ0v) is 9.43. The normalized spacial score (nSPS) is 15.5. The average Bonchev–Trinajstić information content (AvgIpc) is 2.69. The van der Waals surface area contributed by atoms with Gasteiger partial charge in [0.25, 0.3) is 5.56 Å². The van der Waals surface area contributed by atoms with E-state index >= 15 is 0 Å². The van der Waals surface area contributed by atoms with Gasteiger partial charge < -0.3 is 25.8 Å². The van der Waals surface area contributed by atoms with Crippen molar-refractivity contribution < 1.29 is 9.84 Å². The van der Waals surface area contributed by atoms with Crippen molar-refractivity contribution in [1.82, 2.24) is 9.97 Å². The Morgan fingerprint density at radius 2 is 2.47 bits per heavy atom. The number of rotatable bonds is 4. The number of H-pyrrole nitrogens is 1. The maximum absolute atomic E-state index is 11.5. The van der Waals surface area contributed by atoms with Crippen LogP contribution in [-0.4, -0.2) is 41.2 Å². The second-order valence-corrected chi connectivity index (χ2v) is 3.81. The van der Waals surface area contributed by atoms with Gasteiger partial charge in [-0.3, -0.25) is 9.78 Å². The molecule has 8 heteroatoms. The van der Waals surface area contributed by atoms with Gasteiger partial charge in [0.15, 0.2) is 5.82 Å². The van der Waals surface area contributed by atoms with E-state index in [1.165, 1.54) is 0 Å². The van der Waals surface area contributed by atoms with Crippen LogP contribution < -0.4 is 21.5 Å². The first-order chi connectivity index (χ1) is 8.11. The van der Waals surface area contributed by atoms with Gasteiger partial charge in [-0.2, -0.15) is 4.98 Å². The fraction of sp³-hybridized carbons (Fsp3) is 0.556. The Morgan fingerprint density at radius 3 is 3.18 bits per heavy atom. The van der Waals surface area contributed by atoms with Gasteiger partial charge >= 0.3 is 0 Å². The van der Waals surface area contributed by atoms with Crippen LogP contribution >= 0.6 is 0 Å². The van der Waals surface area contributed by atoms with Crippen LogP contribution in [-0.2, 0) is 4.74 Å². The molecule has 0 fully saturated rings. The zero-order chi connectivity index (χ0) is 12.4. The lowest BCUT2D eigenvalue weighted by molar-refractivity contribution is 0.0260. The highest BCUT2D eigenvalue weighted by atomic mass is 16.5. The van der Waals surface area contributed by atoms with E-state index in [0.29, 0.717) is 18.2 Å². The molecule has 0 aromatic carbocycles. The summed E-state index contributed by atoms with van der Waals surface area (Å²) in [4.78, 5) is 19.7. The minimum absolute atomic E-state index is 0.0565. The van der Waals surface area contributed by atoms with Gasteiger partial charge in [0.2, 0.25) is 5.95 Å². The smallest absolute Gasteiger partial charge is 0.277 e. The zero-order valence-electron chi connectivity index (χ0n) is 9.43. The highest BCUT2D eigenvalue weighted by molar-refractivity contribution is 5.70. The summed E-state index contributed by atoms with van der Waals surface area (Å²) >= 11 is 0. The first-order valence-electron chi connectivity index (χ1n) is 5.23. The van der Waals surface area contributed by atoms with Gasteiger partial charge in [-0.25, -0.2) is 0 Å². The van der Waals surface area contributed by atoms with Gasteiger partial charge in [0.05, 0.1) is 19.4 Å². The maximum Gasteiger partial charge on any atom is 0.277 e. The van der Waals surface area contributed by atoms with Crippen LogP contribution in [0.1, 0.15) is 6.92 Å². The average molecular weight is 241 g/mol. The third-order valence-corrected chi connectivity index (χ3v) is 2.44. The summed E-state index contributed by atoms with van der Waals surface area (Å²) in [7, 11) is 0. The molecule has 94 valence electrons. The minimum Gasteiger partial charge on any atom is -0.394 e. The Labute approximate surface area is 97.4 Å². The van der Waals surface area contributed by atoms with Gasteiger partial charge in [-0.15, -0.1) is 0 Å². The molecule has 0 amide bonds. The van der Waals surface area contributed by atoms with E-state index in [9.17, 15) is 4.79 Å². The van der Waals surface area contributed by atoms with Gasteiger partial charge in [0.1, 0.15) is 12.4 Å². The number of aromatic nitrogens is 2. The van der Waals surface area contributed by atoms with Crippen LogP contribution in [0, 0.1) is 0 Å². The minimum atomic E-state index is -0.301. The first kappa shape index (κ1) is 11.7. The molecular weight excluding hydrogens is 226 g/mol. The summed E-state index contributed by atoms with van der Waals surface area (Å²) in [6.07, 6.45) is -0.265. The van der Waals surface area contributed by atoms with Crippen molar-refractivity contribution in [3.63, 3.8) is 0 Å². The number of nitrogens with one attached hydrogen (secondary N) is 2. The largest absolute Gasteiger partial charge is 0.394 e. The monoisotopic (exact) mass is 241 g/mol. The number of aromatic amines is 1. The van der Waals surface area contributed by atoms with Crippen LogP contribution in [0.25, 0.3) is 0 Å². The van der Waals surface area contributed by atoms with Crippen LogP contribution in [0.2, 0.25) is 0 Å². The molecule has 1 atom stereocenters. The molecule has 0 spiro atoms. The number of ether oxygens (including phenoxy) is 1. The van der Waals surface area contributed by atoms with Crippen LogP contribution in [0.3, 0.4) is 0 Å². The molecule has 2 rings (SSSR count). The standard InChI is InChI=1S/C9H15N5O3/c1-5(2-15)17-4-14-3-11-6-7(14)12-9(10)13-8(6)16/h5,11,15H,2-4H2,1H3,(H3,10,12,13,16). The van der Waals surface area contributed by atoms with E-state index in [0.717, 1.165) is 0 Å². The Morgan fingerprint density at radius 1 is 1.71 bits per heavy atom. The van der Waals surface area contributed by atoms with Crippen molar-refractivity contribution in [2.75, 3.05) is 36.0 Å². The number of fused-ring (bicyclic) bond motifs is 1. The maximum atomic E-state index is 11.5. The Hall–Kier alpha value is -1.80. The number of nitrogen functional groups attached to an aromatic ring is 1. The molecule has 1 aromatic heterocycles.